The van der Waals surface area contributed by atoms with Crippen molar-refractivity contribution in [2.24, 2.45) is 46.3 Å². The smallest absolute Gasteiger partial charge is 0.0916 e. The van der Waals surface area contributed by atoms with E-state index in [0.717, 1.165) is 32.1 Å². The van der Waals surface area contributed by atoms with Crippen molar-refractivity contribution in [2.45, 2.75) is 104 Å². The van der Waals surface area contributed by atoms with E-state index in [1.807, 2.05) is 0 Å². The minimum atomic E-state index is -0.753. The van der Waals surface area contributed by atoms with Gasteiger partial charge in [0.2, 0.25) is 0 Å². The molecule has 182 valence electrons. The molecule has 10 unspecified atom stereocenters. The molecule has 3 saturated carbocycles. The van der Waals surface area contributed by atoms with Crippen molar-refractivity contribution >= 4 is 0 Å². The van der Waals surface area contributed by atoms with Gasteiger partial charge in [-0.3, -0.25) is 0 Å². The van der Waals surface area contributed by atoms with Crippen LogP contribution in [0.3, 0.4) is 0 Å². The minimum absolute atomic E-state index is 0.169. The summed E-state index contributed by atoms with van der Waals surface area (Å²) < 4.78 is 5.67. The van der Waals surface area contributed by atoms with E-state index in [1.165, 1.54) is 18.4 Å². The number of fused-ring (bicyclic) bond motifs is 5. The van der Waals surface area contributed by atoms with Crippen LogP contribution >= 0.6 is 0 Å². The second-order valence-electron chi connectivity index (χ2n) is 12.7. The first-order valence-electron chi connectivity index (χ1n) is 13.3. The van der Waals surface area contributed by atoms with Crippen molar-refractivity contribution in [2.75, 3.05) is 7.11 Å². The number of aliphatic hydroxyl groups is 2. The van der Waals surface area contributed by atoms with Crippen molar-refractivity contribution < 1.29 is 14.9 Å². The summed E-state index contributed by atoms with van der Waals surface area (Å²) in [5.74, 6) is 3.37. The van der Waals surface area contributed by atoms with Crippen LogP contribution in [0.2, 0.25) is 0 Å². The van der Waals surface area contributed by atoms with Gasteiger partial charge < -0.3 is 14.9 Å². The van der Waals surface area contributed by atoms with E-state index in [2.05, 4.69) is 59.8 Å². The Labute approximate surface area is 196 Å². The topological polar surface area (TPSA) is 49.7 Å². The lowest BCUT2D eigenvalue weighted by molar-refractivity contribution is -0.185. The Kier molecular flexibility index (Phi) is 6.53. The third-order valence-electron chi connectivity index (χ3n) is 11.0. The first-order valence-corrected chi connectivity index (χ1v) is 13.3. The predicted molar refractivity (Wildman–Crippen MR) is 131 cm³/mol. The molecular weight excluding hydrogens is 396 g/mol. The lowest BCUT2D eigenvalue weighted by Gasteiger charge is -2.62. The summed E-state index contributed by atoms with van der Waals surface area (Å²) in [5.41, 5.74) is 0.637. The van der Waals surface area contributed by atoms with E-state index >= 15 is 0 Å². The van der Waals surface area contributed by atoms with Gasteiger partial charge in [-0.25, -0.2) is 0 Å². The molecule has 0 aromatic heterocycles. The molecule has 0 amide bonds. The molecule has 4 rings (SSSR count). The zero-order chi connectivity index (χ0) is 23.5. The van der Waals surface area contributed by atoms with Crippen LogP contribution in [-0.2, 0) is 4.74 Å². The second kappa shape index (κ2) is 8.54. The van der Waals surface area contributed by atoms with Gasteiger partial charge >= 0.3 is 0 Å². The summed E-state index contributed by atoms with van der Waals surface area (Å²) in [5, 5.41) is 22.9. The van der Waals surface area contributed by atoms with Crippen LogP contribution in [0.1, 0.15) is 86.5 Å². The first kappa shape index (κ1) is 24.5. The van der Waals surface area contributed by atoms with E-state index < -0.39 is 11.7 Å². The predicted octanol–water partition coefficient (Wildman–Crippen LogP) is 6.15. The normalized spacial score (nSPS) is 48.2. The second-order valence-corrected chi connectivity index (χ2v) is 12.7. The lowest BCUT2D eigenvalue weighted by atomic mass is 9.45. The van der Waals surface area contributed by atoms with Gasteiger partial charge in [-0.1, -0.05) is 59.8 Å². The Morgan fingerprint density at radius 1 is 1.09 bits per heavy atom. The van der Waals surface area contributed by atoms with E-state index in [9.17, 15) is 10.2 Å². The van der Waals surface area contributed by atoms with Crippen LogP contribution in [0.15, 0.2) is 23.8 Å². The van der Waals surface area contributed by atoms with Crippen LogP contribution < -0.4 is 0 Å². The Hall–Kier alpha value is -0.640. The van der Waals surface area contributed by atoms with Gasteiger partial charge in [0, 0.05) is 12.5 Å². The summed E-state index contributed by atoms with van der Waals surface area (Å²) in [6.45, 7) is 14.2. The zero-order valence-electron chi connectivity index (χ0n) is 21.6. The molecule has 0 saturated heterocycles. The maximum absolute atomic E-state index is 12.3. The minimum Gasteiger partial charge on any atom is -0.390 e. The van der Waals surface area contributed by atoms with Gasteiger partial charge in [0.25, 0.3) is 0 Å². The molecule has 4 aliphatic carbocycles. The number of allylic oxidation sites excluding steroid dienone is 3. The summed E-state index contributed by atoms with van der Waals surface area (Å²) in [4.78, 5) is 0. The van der Waals surface area contributed by atoms with Crippen molar-refractivity contribution in [3.8, 4) is 0 Å². The van der Waals surface area contributed by atoms with Crippen molar-refractivity contribution in [1.82, 2.24) is 0 Å². The van der Waals surface area contributed by atoms with Crippen LogP contribution in [-0.4, -0.2) is 35.1 Å². The largest absolute Gasteiger partial charge is 0.390 e. The molecule has 0 aliphatic heterocycles. The molecule has 3 heteroatoms. The Bertz CT molecular complexity index is 756. The standard InChI is InChI=1S/C29H48O3/c1-18(2)19(3)8-9-20(4)22-12-13-23-24-11-10-21-16-25(30)26(32-7)17-28(21,6)29(24,31)15-14-27(22,23)5/h8-9,11,18-23,25-26,30-31H,10,12-17H2,1-7H3. The fourth-order valence-corrected chi connectivity index (χ4v) is 8.31. The quantitative estimate of drug-likeness (QED) is 0.500. The Morgan fingerprint density at radius 3 is 2.47 bits per heavy atom. The van der Waals surface area contributed by atoms with Crippen LogP contribution in [0.25, 0.3) is 0 Å². The number of aliphatic hydroxyl groups excluding tert-OH is 1. The summed E-state index contributed by atoms with van der Waals surface area (Å²) in [6.07, 6.45) is 13.6. The molecule has 4 aliphatic rings. The van der Waals surface area contributed by atoms with Crippen molar-refractivity contribution in [3.05, 3.63) is 23.8 Å². The monoisotopic (exact) mass is 444 g/mol. The number of ether oxygens (including phenoxy) is 1. The average molecular weight is 445 g/mol. The molecule has 3 fully saturated rings. The molecule has 0 radical (unpaired) electrons. The van der Waals surface area contributed by atoms with Crippen LogP contribution in [0.4, 0.5) is 0 Å². The molecule has 0 heterocycles. The Morgan fingerprint density at radius 2 is 1.81 bits per heavy atom. The van der Waals surface area contributed by atoms with E-state index in [-0.39, 0.29) is 16.9 Å². The molecule has 32 heavy (non-hydrogen) atoms. The van der Waals surface area contributed by atoms with Crippen LogP contribution in [0, 0.1) is 46.3 Å². The van der Waals surface area contributed by atoms with Gasteiger partial charge in [-0.15, -0.1) is 0 Å². The van der Waals surface area contributed by atoms with Crippen LogP contribution in [0.5, 0.6) is 0 Å². The molecule has 0 bridgehead atoms. The number of hydrogen-bond donors (Lipinski definition) is 2. The molecule has 0 aromatic rings. The molecule has 0 aromatic carbocycles. The molecule has 2 N–H and O–H groups in total. The molecule has 3 nitrogen and oxygen atoms in total. The zero-order valence-corrected chi connectivity index (χ0v) is 21.6. The molecule has 10 atom stereocenters. The molecular formula is C29H48O3. The maximum atomic E-state index is 12.3. The highest BCUT2D eigenvalue weighted by Crippen LogP contribution is 2.68. The summed E-state index contributed by atoms with van der Waals surface area (Å²) in [7, 11) is 1.70. The van der Waals surface area contributed by atoms with Crippen molar-refractivity contribution in [1.29, 1.82) is 0 Å². The maximum Gasteiger partial charge on any atom is 0.0916 e. The third-order valence-corrected chi connectivity index (χ3v) is 11.0. The van der Waals surface area contributed by atoms with Gasteiger partial charge in [-0.05, 0) is 91.4 Å². The van der Waals surface area contributed by atoms with Gasteiger partial charge in [0.15, 0.2) is 0 Å². The summed E-state index contributed by atoms with van der Waals surface area (Å²) in [6, 6.07) is 0. The number of hydrogen-bond acceptors (Lipinski definition) is 3. The van der Waals surface area contributed by atoms with Gasteiger partial charge in [0.1, 0.15) is 0 Å². The highest BCUT2D eigenvalue weighted by atomic mass is 16.5. The number of methoxy groups -OCH3 is 1. The fraction of sp³-hybridized carbons (Fsp3) is 0.862. The number of rotatable bonds is 5. The highest BCUT2D eigenvalue weighted by Gasteiger charge is 2.65. The first-order chi connectivity index (χ1) is 15.0. The van der Waals surface area contributed by atoms with E-state index in [4.69, 9.17) is 4.74 Å². The fourth-order valence-electron chi connectivity index (χ4n) is 8.31. The summed E-state index contributed by atoms with van der Waals surface area (Å²) >= 11 is 0. The van der Waals surface area contributed by atoms with E-state index in [0.29, 0.717) is 35.5 Å². The molecule has 0 spiro atoms. The average Bonchev–Trinajstić information content (AvgIpc) is 3.09. The third kappa shape index (κ3) is 3.57. The SMILES string of the molecule is COC1CC2(C)C(CC=C3C4CCC(C(C)C=CC(C)C(C)C)C4(C)CCC32O)CC1O. The van der Waals surface area contributed by atoms with Gasteiger partial charge in [-0.2, -0.15) is 0 Å². The highest BCUT2D eigenvalue weighted by molar-refractivity contribution is 5.35. The lowest BCUT2D eigenvalue weighted by Crippen LogP contribution is -2.63. The Balaban J connectivity index is 1.60. The van der Waals surface area contributed by atoms with E-state index in [1.54, 1.807) is 7.11 Å². The van der Waals surface area contributed by atoms with Crippen molar-refractivity contribution in [3.63, 3.8) is 0 Å². The van der Waals surface area contributed by atoms with Gasteiger partial charge in [0.05, 0.1) is 17.8 Å².